The number of nitrogens with one attached hydrogen (secondary N) is 2. The van der Waals surface area contributed by atoms with Crippen LogP contribution in [0.15, 0.2) is 39.9 Å². The standard InChI is InChI=1S/C17H19Cl2N3O4S2/c1-2-7-22(11-15(23)21-14-6-5-12(18)9-13(14)19)16(24)10-20-28(25,26)17-4-3-8-27-17/h3-6,8-9,20H,2,7,10-11H2,1H3,(H,21,23). The second kappa shape index (κ2) is 10.2. The van der Waals surface area contributed by atoms with Crippen molar-refractivity contribution < 1.29 is 18.0 Å². The van der Waals surface area contributed by atoms with Crippen molar-refractivity contribution in [2.24, 2.45) is 0 Å². The van der Waals surface area contributed by atoms with Gasteiger partial charge >= 0.3 is 0 Å². The summed E-state index contributed by atoms with van der Waals surface area (Å²) in [4.78, 5) is 26.0. The van der Waals surface area contributed by atoms with Gasteiger partial charge in [0.25, 0.3) is 10.0 Å². The lowest BCUT2D eigenvalue weighted by molar-refractivity contribution is -0.133. The molecule has 2 amide bonds. The van der Waals surface area contributed by atoms with Gasteiger partial charge in [-0.15, -0.1) is 11.3 Å². The maximum atomic E-state index is 12.4. The maximum Gasteiger partial charge on any atom is 0.250 e. The topological polar surface area (TPSA) is 95.6 Å². The van der Waals surface area contributed by atoms with Crippen LogP contribution in [0.1, 0.15) is 13.3 Å². The Labute approximate surface area is 177 Å². The summed E-state index contributed by atoms with van der Waals surface area (Å²) in [6.45, 7) is 1.49. The predicted octanol–water partition coefficient (Wildman–Crippen LogP) is 3.21. The number of amides is 2. The maximum absolute atomic E-state index is 12.4. The van der Waals surface area contributed by atoms with Crippen LogP contribution in [0.3, 0.4) is 0 Å². The zero-order valence-corrected chi connectivity index (χ0v) is 18.1. The van der Waals surface area contributed by atoms with Gasteiger partial charge in [-0.05, 0) is 36.1 Å². The smallest absolute Gasteiger partial charge is 0.250 e. The lowest BCUT2D eigenvalue weighted by Crippen LogP contribution is -2.44. The number of anilines is 1. The van der Waals surface area contributed by atoms with E-state index in [1.165, 1.54) is 17.0 Å². The highest BCUT2D eigenvalue weighted by atomic mass is 35.5. The van der Waals surface area contributed by atoms with Crippen molar-refractivity contribution in [3.63, 3.8) is 0 Å². The average Bonchev–Trinajstić information content (AvgIpc) is 3.17. The van der Waals surface area contributed by atoms with Gasteiger partial charge in [-0.1, -0.05) is 36.2 Å². The molecular formula is C17H19Cl2N3O4S2. The van der Waals surface area contributed by atoms with E-state index in [4.69, 9.17) is 23.2 Å². The van der Waals surface area contributed by atoms with Crippen molar-refractivity contribution in [3.8, 4) is 0 Å². The van der Waals surface area contributed by atoms with Crippen LogP contribution in [0.2, 0.25) is 10.0 Å². The Morgan fingerprint density at radius 3 is 2.57 bits per heavy atom. The monoisotopic (exact) mass is 463 g/mol. The highest BCUT2D eigenvalue weighted by molar-refractivity contribution is 7.91. The lowest BCUT2D eigenvalue weighted by atomic mass is 10.3. The van der Waals surface area contributed by atoms with Crippen LogP contribution in [0.5, 0.6) is 0 Å². The summed E-state index contributed by atoms with van der Waals surface area (Å²) < 4.78 is 26.6. The van der Waals surface area contributed by atoms with Gasteiger partial charge in [0, 0.05) is 11.6 Å². The minimum Gasteiger partial charge on any atom is -0.332 e. The quantitative estimate of drug-likeness (QED) is 0.596. The molecule has 11 heteroatoms. The molecular weight excluding hydrogens is 445 g/mol. The molecule has 0 atom stereocenters. The minimum atomic E-state index is -3.76. The number of sulfonamides is 1. The van der Waals surface area contributed by atoms with Crippen molar-refractivity contribution in [2.75, 3.05) is 25.0 Å². The van der Waals surface area contributed by atoms with Crippen LogP contribution in [-0.2, 0) is 19.6 Å². The van der Waals surface area contributed by atoms with E-state index in [-0.39, 0.29) is 15.8 Å². The number of hydrogen-bond donors (Lipinski definition) is 2. The van der Waals surface area contributed by atoms with Gasteiger partial charge in [-0.25, -0.2) is 13.1 Å². The summed E-state index contributed by atoms with van der Waals surface area (Å²) in [6, 6.07) is 7.69. The molecule has 1 heterocycles. The zero-order chi connectivity index (χ0) is 20.7. The summed E-state index contributed by atoms with van der Waals surface area (Å²) in [5, 5.41) is 4.96. The number of rotatable bonds is 9. The Morgan fingerprint density at radius 1 is 1.21 bits per heavy atom. The minimum absolute atomic E-state index is 0.123. The molecule has 0 aliphatic carbocycles. The number of nitrogens with zero attached hydrogens (tertiary/aromatic N) is 1. The van der Waals surface area contributed by atoms with Gasteiger partial charge in [0.15, 0.2) is 0 Å². The van der Waals surface area contributed by atoms with Gasteiger partial charge in [0.05, 0.1) is 23.8 Å². The van der Waals surface area contributed by atoms with E-state index in [0.717, 1.165) is 11.3 Å². The first-order chi connectivity index (χ1) is 13.2. The molecule has 0 saturated heterocycles. The van der Waals surface area contributed by atoms with Gasteiger partial charge in [-0.2, -0.15) is 0 Å². The molecule has 0 saturated carbocycles. The van der Waals surface area contributed by atoms with Crippen LogP contribution in [-0.4, -0.2) is 44.8 Å². The molecule has 0 aliphatic heterocycles. The highest BCUT2D eigenvalue weighted by Crippen LogP contribution is 2.25. The summed E-state index contributed by atoms with van der Waals surface area (Å²) in [7, 11) is -3.76. The van der Waals surface area contributed by atoms with Crippen LogP contribution in [0.4, 0.5) is 5.69 Å². The second-order valence-corrected chi connectivity index (χ2v) is 9.53. The third-order valence-electron chi connectivity index (χ3n) is 3.56. The van der Waals surface area contributed by atoms with E-state index in [2.05, 4.69) is 10.0 Å². The fourth-order valence-corrected chi connectivity index (χ4v) is 4.74. The molecule has 7 nitrogen and oxygen atoms in total. The first kappa shape index (κ1) is 22.6. The predicted molar refractivity (Wildman–Crippen MR) is 111 cm³/mol. The molecule has 152 valence electrons. The Bertz CT molecular complexity index is 934. The highest BCUT2D eigenvalue weighted by Gasteiger charge is 2.21. The molecule has 0 aliphatic rings. The van der Waals surface area contributed by atoms with Crippen molar-refractivity contribution in [2.45, 2.75) is 17.6 Å². The third-order valence-corrected chi connectivity index (χ3v) is 6.91. The first-order valence-corrected chi connectivity index (χ1v) is 11.4. The van der Waals surface area contributed by atoms with Gasteiger partial charge < -0.3 is 10.2 Å². The van der Waals surface area contributed by atoms with Crippen molar-refractivity contribution in [3.05, 3.63) is 45.8 Å². The van der Waals surface area contributed by atoms with Crippen molar-refractivity contribution >= 4 is 62.1 Å². The van der Waals surface area contributed by atoms with Gasteiger partial charge in [0.1, 0.15) is 4.21 Å². The lowest BCUT2D eigenvalue weighted by Gasteiger charge is -2.22. The molecule has 28 heavy (non-hydrogen) atoms. The molecule has 1 aromatic heterocycles. The van der Waals surface area contributed by atoms with Gasteiger partial charge in [-0.3, -0.25) is 9.59 Å². The average molecular weight is 464 g/mol. The third kappa shape index (κ3) is 6.46. The Morgan fingerprint density at radius 2 is 1.96 bits per heavy atom. The molecule has 0 spiro atoms. The summed E-state index contributed by atoms with van der Waals surface area (Å²) >= 11 is 12.9. The number of thiophene rings is 1. The molecule has 2 aromatic rings. The number of carbonyl (C=O) groups is 2. The molecule has 0 fully saturated rings. The number of benzene rings is 1. The molecule has 1 aromatic carbocycles. The molecule has 0 radical (unpaired) electrons. The van der Waals surface area contributed by atoms with Crippen molar-refractivity contribution in [1.82, 2.24) is 9.62 Å². The van der Waals surface area contributed by atoms with Crippen LogP contribution in [0.25, 0.3) is 0 Å². The van der Waals surface area contributed by atoms with E-state index in [1.807, 2.05) is 6.92 Å². The summed E-state index contributed by atoms with van der Waals surface area (Å²) in [5.74, 6) is -0.952. The Hall–Kier alpha value is -1.65. The summed E-state index contributed by atoms with van der Waals surface area (Å²) in [5.41, 5.74) is 0.373. The SMILES string of the molecule is CCCN(CC(=O)Nc1ccc(Cl)cc1Cl)C(=O)CNS(=O)(=O)c1cccs1. The Balaban J connectivity index is 1.97. The zero-order valence-electron chi connectivity index (χ0n) is 14.9. The normalized spacial score (nSPS) is 11.2. The van der Waals surface area contributed by atoms with Crippen molar-refractivity contribution in [1.29, 1.82) is 0 Å². The first-order valence-electron chi connectivity index (χ1n) is 8.28. The van der Waals surface area contributed by atoms with E-state index < -0.39 is 28.4 Å². The second-order valence-electron chi connectivity index (χ2n) is 5.74. The fourth-order valence-electron chi connectivity index (χ4n) is 2.27. The number of hydrogen-bond acceptors (Lipinski definition) is 5. The number of carbonyl (C=O) groups excluding carboxylic acids is 2. The van der Waals surface area contributed by atoms with Crippen LogP contribution in [0, 0.1) is 0 Å². The Kier molecular flexibility index (Phi) is 8.26. The molecule has 0 unspecified atom stereocenters. The summed E-state index contributed by atoms with van der Waals surface area (Å²) in [6.07, 6.45) is 0.610. The van der Waals surface area contributed by atoms with E-state index >= 15 is 0 Å². The number of halogens is 2. The van der Waals surface area contributed by atoms with Gasteiger partial charge in [0.2, 0.25) is 11.8 Å². The fraction of sp³-hybridized carbons (Fsp3) is 0.294. The molecule has 2 rings (SSSR count). The van der Waals surface area contributed by atoms with E-state index in [0.29, 0.717) is 23.7 Å². The largest absolute Gasteiger partial charge is 0.332 e. The van der Waals surface area contributed by atoms with E-state index in [9.17, 15) is 18.0 Å². The molecule has 2 N–H and O–H groups in total. The van der Waals surface area contributed by atoms with Crippen LogP contribution >= 0.6 is 34.5 Å². The molecule has 0 bridgehead atoms. The van der Waals surface area contributed by atoms with Crippen LogP contribution < -0.4 is 10.0 Å². The van der Waals surface area contributed by atoms with E-state index in [1.54, 1.807) is 23.6 Å².